The fraction of sp³-hybridized carbons (Fsp3) is 0.0714. The number of benzene rings is 4. The van der Waals surface area contributed by atoms with Gasteiger partial charge in [0.15, 0.2) is 11.5 Å². The van der Waals surface area contributed by atoms with Crippen LogP contribution < -0.4 is 20.1 Å². The highest BCUT2D eigenvalue weighted by Gasteiger charge is 2.18. The molecule has 0 aliphatic carbocycles. The third kappa shape index (κ3) is 4.91. The summed E-state index contributed by atoms with van der Waals surface area (Å²) in [6, 6.07) is 27.5. The standard InChI is InChI=1S/C28H24N2O4/c1-33-25-17-9-14-21(26(25)34-2)18-24(30-27(31)20-11-4-3-5-12-20)28(32)29-23-16-8-13-19-10-6-7-15-22(19)23/h3-18H,1-2H3,(H,29,32)(H,30,31)/b24-18-. The Bertz CT molecular complexity index is 1360. The lowest BCUT2D eigenvalue weighted by Gasteiger charge is -2.14. The summed E-state index contributed by atoms with van der Waals surface area (Å²) in [5, 5.41) is 7.58. The maximum absolute atomic E-state index is 13.4. The van der Waals surface area contributed by atoms with E-state index in [2.05, 4.69) is 10.6 Å². The minimum Gasteiger partial charge on any atom is -0.493 e. The van der Waals surface area contributed by atoms with Crippen molar-refractivity contribution in [1.82, 2.24) is 5.32 Å². The van der Waals surface area contributed by atoms with E-state index in [0.29, 0.717) is 28.3 Å². The molecule has 2 N–H and O–H groups in total. The second-order valence-corrected chi connectivity index (χ2v) is 7.44. The van der Waals surface area contributed by atoms with Crippen LogP contribution in [-0.2, 0) is 4.79 Å². The summed E-state index contributed by atoms with van der Waals surface area (Å²) >= 11 is 0. The predicted molar refractivity (Wildman–Crippen MR) is 134 cm³/mol. The van der Waals surface area contributed by atoms with E-state index in [1.54, 1.807) is 48.5 Å². The van der Waals surface area contributed by atoms with Crippen molar-refractivity contribution < 1.29 is 19.1 Å². The van der Waals surface area contributed by atoms with Gasteiger partial charge in [-0.2, -0.15) is 0 Å². The Hall–Kier alpha value is -4.58. The number of carbonyl (C=O) groups is 2. The lowest BCUT2D eigenvalue weighted by molar-refractivity contribution is -0.113. The van der Waals surface area contributed by atoms with Crippen LogP contribution in [0.4, 0.5) is 5.69 Å². The van der Waals surface area contributed by atoms with Crippen molar-refractivity contribution in [3.63, 3.8) is 0 Å². The highest BCUT2D eigenvalue weighted by molar-refractivity contribution is 6.13. The summed E-state index contributed by atoms with van der Waals surface area (Å²) in [4.78, 5) is 26.3. The lowest BCUT2D eigenvalue weighted by Crippen LogP contribution is -2.30. The Morgan fingerprint density at radius 1 is 0.765 bits per heavy atom. The molecular weight excluding hydrogens is 428 g/mol. The Labute approximate surface area is 197 Å². The molecule has 0 saturated heterocycles. The molecule has 4 aromatic rings. The molecule has 6 heteroatoms. The van der Waals surface area contributed by atoms with Crippen molar-refractivity contribution in [3.05, 3.63) is 108 Å². The first-order chi connectivity index (χ1) is 16.6. The van der Waals surface area contributed by atoms with Crippen LogP contribution in [0.2, 0.25) is 0 Å². The molecule has 6 nitrogen and oxygen atoms in total. The topological polar surface area (TPSA) is 76.7 Å². The van der Waals surface area contributed by atoms with Gasteiger partial charge in [0.2, 0.25) is 0 Å². The van der Waals surface area contributed by atoms with E-state index in [9.17, 15) is 9.59 Å². The fourth-order valence-electron chi connectivity index (χ4n) is 3.65. The molecule has 0 aliphatic rings. The molecular formula is C28H24N2O4. The van der Waals surface area contributed by atoms with Crippen LogP contribution in [0.1, 0.15) is 15.9 Å². The quantitative estimate of drug-likeness (QED) is 0.375. The summed E-state index contributed by atoms with van der Waals surface area (Å²) in [5.74, 6) is 0.0983. The number of methoxy groups -OCH3 is 2. The summed E-state index contributed by atoms with van der Waals surface area (Å²) < 4.78 is 10.9. The van der Waals surface area contributed by atoms with Gasteiger partial charge in [-0.05, 0) is 35.7 Å². The molecule has 0 saturated carbocycles. The number of rotatable bonds is 7. The SMILES string of the molecule is COc1cccc(/C=C(\NC(=O)c2ccccc2)C(=O)Nc2cccc3ccccc23)c1OC. The number of carbonyl (C=O) groups excluding carboxylic acids is 2. The first kappa shape index (κ1) is 22.6. The molecule has 0 spiro atoms. The zero-order valence-electron chi connectivity index (χ0n) is 18.9. The van der Waals surface area contributed by atoms with E-state index in [0.717, 1.165) is 10.8 Å². The van der Waals surface area contributed by atoms with Gasteiger partial charge in [0.05, 0.1) is 14.2 Å². The van der Waals surface area contributed by atoms with E-state index >= 15 is 0 Å². The van der Waals surface area contributed by atoms with Crippen molar-refractivity contribution in [3.8, 4) is 11.5 Å². The lowest BCUT2D eigenvalue weighted by atomic mass is 10.1. The molecule has 0 bridgehead atoms. The molecule has 4 rings (SSSR count). The highest BCUT2D eigenvalue weighted by Crippen LogP contribution is 2.32. The zero-order valence-corrected chi connectivity index (χ0v) is 18.9. The van der Waals surface area contributed by atoms with Crippen molar-refractivity contribution >= 4 is 34.4 Å². The van der Waals surface area contributed by atoms with Crippen molar-refractivity contribution in [1.29, 1.82) is 0 Å². The summed E-state index contributed by atoms with van der Waals surface area (Å²) in [7, 11) is 3.06. The normalized spacial score (nSPS) is 11.1. The van der Waals surface area contributed by atoms with E-state index in [1.165, 1.54) is 14.2 Å². The highest BCUT2D eigenvalue weighted by atomic mass is 16.5. The number of para-hydroxylation sites is 1. The Balaban J connectivity index is 1.73. The molecule has 34 heavy (non-hydrogen) atoms. The molecule has 0 heterocycles. The van der Waals surface area contributed by atoms with Crippen molar-refractivity contribution in [2.45, 2.75) is 0 Å². The van der Waals surface area contributed by atoms with Crippen LogP contribution in [0.15, 0.2) is 96.7 Å². The molecule has 0 radical (unpaired) electrons. The second kappa shape index (κ2) is 10.4. The van der Waals surface area contributed by atoms with Gasteiger partial charge in [-0.25, -0.2) is 0 Å². The fourth-order valence-corrected chi connectivity index (χ4v) is 3.65. The Kier molecular flexibility index (Phi) is 6.89. The maximum atomic E-state index is 13.4. The van der Waals surface area contributed by atoms with Gasteiger partial charge in [0, 0.05) is 22.2 Å². The number of nitrogens with one attached hydrogen (secondary N) is 2. The van der Waals surface area contributed by atoms with Crippen LogP contribution in [-0.4, -0.2) is 26.0 Å². The van der Waals surface area contributed by atoms with Gasteiger partial charge in [0.1, 0.15) is 5.70 Å². The van der Waals surface area contributed by atoms with Crippen LogP contribution >= 0.6 is 0 Å². The van der Waals surface area contributed by atoms with Crippen LogP contribution in [0.5, 0.6) is 11.5 Å². The van der Waals surface area contributed by atoms with Crippen LogP contribution in [0.25, 0.3) is 16.8 Å². The average molecular weight is 453 g/mol. The van der Waals surface area contributed by atoms with E-state index in [-0.39, 0.29) is 5.70 Å². The summed E-state index contributed by atoms with van der Waals surface area (Å²) in [6.45, 7) is 0. The monoisotopic (exact) mass is 452 g/mol. The predicted octanol–water partition coefficient (Wildman–Crippen LogP) is 5.27. The third-order valence-electron chi connectivity index (χ3n) is 5.30. The Morgan fingerprint density at radius 3 is 2.24 bits per heavy atom. The number of amides is 2. The van der Waals surface area contributed by atoms with Gasteiger partial charge in [-0.1, -0.05) is 66.7 Å². The van der Waals surface area contributed by atoms with Gasteiger partial charge in [-0.3, -0.25) is 9.59 Å². The average Bonchev–Trinajstić information content (AvgIpc) is 2.88. The van der Waals surface area contributed by atoms with Gasteiger partial charge in [-0.15, -0.1) is 0 Å². The molecule has 0 fully saturated rings. The molecule has 170 valence electrons. The van der Waals surface area contributed by atoms with E-state index in [4.69, 9.17) is 9.47 Å². The largest absolute Gasteiger partial charge is 0.493 e. The molecule has 0 aliphatic heterocycles. The maximum Gasteiger partial charge on any atom is 0.272 e. The van der Waals surface area contributed by atoms with Crippen molar-refractivity contribution in [2.75, 3.05) is 19.5 Å². The first-order valence-corrected chi connectivity index (χ1v) is 10.7. The van der Waals surface area contributed by atoms with Gasteiger partial charge in [0.25, 0.3) is 11.8 Å². The molecule has 0 aromatic heterocycles. The molecule has 0 unspecified atom stereocenters. The van der Waals surface area contributed by atoms with E-state index < -0.39 is 11.8 Å². The van der Waals surface area contributed by atoms with E-state index in [1.807, 2.05) is 48.5 Å². The molecule has 4 aromatic carbocycles. The molecule has 0 atom stereocenters. The van der Waals surface area contributed by atoms with Gasteiger partial charge >= 0.3 is 0 Å². The number of hydrogen-bond donors (Lipinski definition) is 2. The minimum atomic E-state index is -0.467. The number of anilines is 1. The first-order valence-electron chi connectivity index (χ1n) is 10.7. The van der Waals surface area contributed by atoms with Crippen LogP contribution in [0, 0.1) is 0 Å². The second-order valence-electron chi connectivity index (χ2n) is 7.44. The zero-order chi connectivity index (χ0) is 23.9. The smallest absolute Gasteiger partial charge is 0.272 e. The summed E-state index contributed by atoms with van der Waals surface area (Å²) in [5.41, 5.74) is 1.72. The summed E-state index contributed by atoms with van der Waals surface area (Å²) in [6.07, 6.45) is 1.57. The number of fused-ring (bicyclic) bond motifs is 1. The minimum absolute atomic E-state index is 0.0633. The Morgan fingerprint density at radius 2 is 1.47 bits per heavy atom. The number of ether oxygens (including phenoxy) is 2. The third-order valence-corrected chi connectivity index (χ3v) is 5.30. The van der Waals surface area contributed by atoms with Crippen molar-refractivity contribution in [2.24, 2.45) is 0 Å². The molecule has 2 amide bonds. The van der Waals surface area contributed by atoms with Crippen LogP contribution in [0.3, 0.4) is 0 Å². The van der Waals surface area contributed by atoms with Gasteiger partial charge < -0.3 is 20.1 Å². The number of hydrogen-bond acceptors (Lipinski definition) is 4.